The molecular formula is C12H10BrF2N3O. The van der Waals surface area contributed by atoms with Gasteiger partial charge in [0.2, 0.25) is 0 Å². The number of amides is 1. The quantitative estimate of drug-likeness (QED) is 0.908. The van der Waals surface area contributed by atoms with Gasteiger partial charge < -0.3 is 5.32 Å². The Morgan fingerprint density at radius 1 is 1.42 bits per heavy atom. The molecule has 0 atom stereocenters. The minimum Gasteiger partial charge on any atom is -0.307 e. The molecule has 7 heteroatoms. The number of hydrogen-bond donors (Lipinski definition) is 2. The average Bonchev–Trinajstić information content (AvgIpc) is 2.74. The number of hydrogen-bond acceptors (Lipinski definition) is 2. The molecule has 1 aromatic heterocycles. The molecule has 0 spiro atoms. The van der Waals surface area contributed by atoms with Crippen molar-refractivity contribution >= 4 is 27.7 Å². The van der Waals surface area contributed by atoms with Crippen LogP contribution in [-0.2, 0) is 6.42 Å². The lowest BCUT2D eigenvalue weighted by molar-refractivity contribution is 0.101. The van der Waals surface area contributed by atoms with Gasteiger partial charge >= 0.3 is 0 Å². The first-order valence-electron chi connectivity index (χ1n) is 5.51. The molecule has 0 radical (unpaired) electrons. The molecule has 0 saturated carbocycles. The van der Waals surface area contributed by atoms with Crippen molar-refractivity contribution in [3.63, 3.8) is 0 Å². The van der Waals surface area contributed by atoms with E-state index in [2.05, 4.69) is 31.4 Å². The van der Waals surface area contributed by atoms with Gasteiger partial charge in [-0.1, -0.05) is 22.9 Å². The van der Waals surface area contributed by atoms with E-state index in [1.165, 1.54) is 0 Å². The fraction of sp³-hybridized carbons (Fsp3) is 0.167. The van der Waals surface area contributed by atoms with Crippen molar-refractivity contribution in [3.8, 4) is 0 Å². The van der Waals surface area contributed by atoms with Gasteiger partial charge in [-0.15, -0.1) is 0 Å². The summed E-state index contributed by atoms with van der Waals surface area (Å²) in [5.41, 5.74) is 0.131. The van der Waals surface area contributed by atoms with Crippen molar-refractivity contribution < 1.29 is 13.6 Å². The molecule has 19 heavy (non-hydrogen) atoms. The molecule has 100 valence electrons. The molecule has 2 rings (SSSR count). The number of anilines is 1. The largest absolute Gasteiger partial charge is 0.307 e. The molecule has 2 N–H and O–H groups in total. The zero-order chi connectivity index (χ0) is 14.0. The molecule has 0 unspecified atom stereocenters. The summed E-state index contributed by atoms with van der Waals surface area (Å²) >= 11 is 2.95. The topological polar surface area (TPSA) is 57.8 Å². The lowest BCUT2D eigenvalue weighted by Crippen LogP contribution is -2.17. The number of carbonyl (C=O) groups is 1. The van der Waals surface area contributed by atoms with Crippen molar-refractivity contribution in [1.82, 2.24) is 10.2 Å². The molecule has 0 aliphatic heterocycles. The Morgan fingerprint density at radius 3 is 2.63 bits per heavy atom. The molecule has 1 amide bonds. The van der Waals surface area contributed by atoms with E-state index in [0.29, 0.717) is 12.2 Å². The molecular weight excluding hydrogens is 320 g/mol. The third kappa shape index (κ3) is 2.81. The summed E-state index contributed by atoms with van der Waals surface area (Å²) in [5.74, 6) is -2.38. The van der Waals surface area contributed by atoms with E-state index >= 15 is 0 Å². The summed E-state index contributed by atoms with van der Waals surface area (Å²) in [7, 11) is 0. The summed E-state index contributed by atoms with van der Waals surface area (Å²) in [6.45, 7) is 1.88. The van der Waals surface area contributed by atoms with Crippen molar-refractivity contribution in [2.45, 2.75) is 13.3 Å². The maximum atomic E-state index is 13.6. The number of halogens is 3. The van der Waals surface area contributed by atoms with Crippen LogP contribution in [-0.4, -0.2) is 16.1 Å². The predicted octanol–water partition coefficient (Wildman–Crippen LogP) is 3.27. The second kappa shape index (κ2) is 5.48. The summed E-state index contributed by atoms with van der Waals surface area (Å²) in [5, 5.41) is 8.74. The van der Waals surface area contributed by atoms with Crippen LogP contribution in [0.25, 0.3) is 0 Å². The highest BCUT2D eigenvalue weighted by Crippen LogP contribution is 2.21. The van der Waals surface area contributed by atoms with Gasteiger partial charge in [0.1, 0.15) is 23.0 Å². The van der Waals surface area contributed by atoms with Gasteiger partial charge in [-0.2, -0.15) is 5.10 Å². The van der Waals surface area contributed by atoms with Crippen molar-refractivity contribution in [2.24, 2.45) is 0 Å². The number of aromatic amines is 1. The fourth-order valence-electron chi connectivity index (χ4n) is 1.62. The second-order valence-electron chi connectivity index (χ2n) is 3.82. The van der Waals surface area contributed by atoms with Crippen LogP contribution in [0, 0.1) is 11.6 Å². The lowest BCUT2D eigenvalue weighted by Gasteiger charge is -2.07. The van der Waals surface area contributed by atoms with Crippen LogP contribution in [0.3, 0.4) is 0 Å². The highest BCUT2D eigenvalue weighted by molar-refractivity contribution is 9.10. The van der Waals surface area contributed by atoms with Gasteiger partial charge in [0, 0.05) is 10.0 Å². The summed E-state index contributed by atoms with van der Waals surface area (Å²) in [4.78, 5) is 11.9. The molecule has 0 aliphatic carbocycles. The first-order valence-corrected chi connectivity index (χ1v) is 6.30. The van der Waals surface area contributed by atoms with E-state index < -0.39 is 23.1 Å². The Labute approximate surface area is 116 Å². The standard InChI is InChI=1S/C12H10BrF2N3O/c1-2-6-5-16-18-11(6)17-12(19)10-8(14)3-7(13)4-9(10)15/h3-5H,2H2,1H3,(H2,16,17,18,19). The first kappa shape index (κ1) is 13.7. The Morgan fingerprint density at radius 2 is 2.05 bits per heavy atom. The third-order valence-electron chi connectivity index (χ3n) is 2.57. The van der Waals surface area contributed by atoms with Crippen LogP contribution in [0.15, 0.2) is 22.8 Å². The molecule has 1 aromatic carbocycles. The number of nitrogens with one attached hydrogen (secondary N) is 2. The van der Waals surface area contributed by atoms with Crippen molar-refractivity contribution in [3.05, 3.63) is 45.6 Å². The number of aryl methyl sites for hydroxylation is 1. The lowest BCUT2D eigenvalue weighted by atomic mass is 10.1. The van der Waals surface area contributed by atoms with Crippen LogP contribution in [0.4, 0.5) is 14.6 Å². The second-order valence-corrected chi connectivity index (χ2v) is 4.74. The number of rotatable bonds is 3. The number of carbonyl (C=O) groups excluding carboxylic acids is 1. The van der Waals surface area contributed by atoms with E-state index in [1.54, 1.807) is 6.20 Å². The van der Waals surface area contributed by atoms with Gasteiger partial charge in [-0.3, -0.25) is 9.89 Å². The monoisotopic (exact) mass is 329 g/mol. The Bertz CT molecular complexity index is 604. The van der Waals surface area contributed by atoms with Crippen LogP contribution in [0.5, 0.6) is 0 Å². The van der Waals surface area contributed by atoms with Crippen molar-refractivity contribution in [1.29, 1.82) is 0 Å². The predicted molar refractivity (Wildman–Crippen MR) is 70.0 cm³/mol. The summed E-state index contributed by atoms with van der Waals surface area (Å²) in [6, 6.07) is 2.07. The molecule has 0 fully saturated rings. The maximum absolute atomic E-state index is 13.6. The van der Waals surface area contributed by atoms with Crippen LogP contribution >= 0.6 is 15.9 Å². The van der Waals surface area contributed by atoms with Gasteiger partial charge in [0.25, 0.3) is 5.91 Å². The van der Waals surface area contributed by atoms with E-state index in [1.807, 2.05) is 6.92 Å². The summed E-state index contributed by atoms with van der Waals surface area (Å²) in [6.07, 6.45) is 2.18. The molecule has 0 aliphatic rings. The molecule has 2 aromatic rings. The molecule has 0 bridgehead atoms. The normalized spacial score (nSPS) is 10.5. The highest BCUT2D eigenvalue weighted by Gasteiger charge is 2.19. The third-order valence-corrected chi connectivity index (χ3v) is 3.03. The van der Waals surface area contributed by atoms with Crippen LogP contribution < -0.4 is 5.32 Å². The summed E-state index contributed by atoms with van der Waals surface area (Å²) < 4.78 is 27.5. The van der Waals surface area contributed by atoms with E-state index in [4.69, 9.17) is 0 Å². The maximum Gasteiger partial charge on any atom is 0.262 e. The van der Waals surface area contributed by atoms with Gasteiger partial charge in [0.15, 0.2) is 0 Å². The highest BCUT2D eigenvalue weighted by atomic mass is 79.9. The molecule has 0 saturated heterocycles. The first-order chi connectivity index (χ1) is 9.02. The van der Waals surface area contributed by atoms with Gasteiger partial charge in [0.05, 0.1) is 6.20 Å². The number of H-pyrrole nitrogens is 1. The van der Waals surface area contributed by atoms with Crippen molar-refractivity contribution in [2.75, 3.05) is 5.32 Å². The average molecular weight is 330 g/mol. The van der Waals surface area contributed by atoms with Gasteiger partial charge in [-0.05, 0) is 18.6 Å². The Kier molecular flexibility index (Phi) is 3.94. The smallest absolute Gasteiger partial charge is 0.262 e. The molecule has 1 heterocycles. The van der Waals surface area contributed by atoms with Crippen LogP contribution in [0.1, 0.15) is 22.8 Å². The zero-order valence-electron chi connectivity index (χ0n) is 9.93. The SMILES string of the molecule is CCc1cn[nH]c1NC(=O)c1c(F)cc(Br)cc1F. The van der Waals surface area contributed by atoms with E-state index in [9.17, 15) is 13.6 Å². The van der Waals surface area contributed by atoms with E-state index in [-0.39, 0.29) is 4.47 Å². The Balaban J connectivity index is 2.31. The van der Waals surface area contributed by atoms with Crippen LogP contribution in [0.2, 0.25) is 0 Å². The molecule has 4 nitrogen and oxygen atoms in total. The number of nitrogens with zero attached hydrogens (tertiary/aromatic N) is 1. The minimum atomic E-state index is -0.929. The fourth-order valence-corrected chi connectivity index (χ4v) is 2.02. The van der Waals surface area contributed by atoms with E-state index in [0.717, 1.165) is 17.7 Å². The number of benzene rings is 1. The number of aromatic nitrogens is 2. The minimum absolute atomic E-state index is 0.231. The Hall–Kier alpha value is -1.76. The zero-order valence-corrected chi connectivity index (χ0v) is 11.5. The van der Waals surface area contributed by atoms with Gasteiger partial charge in [-0.25, -0.2) is 8.78 Å².